The lowest BCUT2D eigenvalue weighted by atomic mass is 10.1. The van der Waals surface area contributed by atoms with Gasteiger partial charge in [0.25, 0.3) is 0 Å². The molecule has 2 aromatic rings. The Hall–Kier alpha value is -2.57. The Morgan fingerprint density at radius 2 is 1.93 bits per heavy atom. The number of pyridine rings is 1. The number of hydrogen-bond donors (Lipinski definition) is 2. The van der Waals surface area contributed by atoms with Crippen molar-refractivity contribution < 1.29 is 4.52 Å². The molecule has 1 aliphatic rings. The standard InChI is InChI=1S/C21H32N6O/c1-4-18-17(19(5-2)28-26-18)15-25-21(22-3)24-14-16-9-10-23-20(13-16)27-11-7-6-8-12-27/h9-10,13H,4-8,11-12,14-15H2,1-3H3,(H2,22,24,25). The van der Waals surface area contributed by atoms with Crippen LogP contribution in [0.25, 0.3) is 0 Å². The van der Waals surface area contributed by atoms with Gasteiger partial charge in [0.1, 0.15) is 11.6 Å². The van der Waals surface area contributed by atoms with Crippen LogP contribution >= 0.6 is 0 Å². The van der Waals surface area contributed by atoms with E-state index in [-0.39, 0.29) is 0 Å². The van der Waals surface area contributed by atoms with Crippen molar-refractivity contribution in [1.82, 2.24) is 20.8 Å². The van der Waals surface area contributed by atoms with Gasteiger partial charge < -0.3 is 20.1 Å². The van der Waals surface area contributed by atoms with Gasteiger partial charge in [-0.05, 0) is 43.4 Å². The summed E-state index contributed by atoms with van der Waals surface area (Å²) in [5.74, 6) is 2.79. The average Bonchev–Trinajstić information content (AvgIpc) is 3.16. The van der Waals surface area contributed by atoms with E-state index < -0.39 is 0 Å². The summed E-state index contributed by atoms with van der Waals surface area (Å²) in [4.78, 5) is 11.3. The highest BCUT2D eigenvalue weighted by Gasteiger charge is 2.14. The third-order valence-electron chi connectivity index (χ3n) is 5.21. The van der Waals surface area contributed by atoms with Gasteiger partial charge in [-0.2, -0.15) is 0 Å². The molecule has 1 aliphatic heterocycles. The minimum absolute atomic E-state index is 0.658. The first-order chi connectivity index (χ1) is 13.7. The van der Waals surface area contributed by atoms with Crippen LogP contribution < -0.4 is 15.5 Å². The monoisotopic (exact) mass is 384 g/mol. The molecule has 3 heterocycles. The highest BCUT2D eigenvalue weighted by Crippen LogP contribution is 2.18. The van der Waals surface area contributed by atoms with Crippen molar-refractivity contribution in [1.29, 1.82) is 0 Å². The van der Waals surface area contributed by atoms with E-state index in [0.29, 0.717) is 13.1 Å². The molecule has 2 aromatic heterocycles. The number of aliphatic imine (C=N–C) groups is 1. The van der Waals surface area contributed by atoms with E-state index >= 15 is 0 Å². The normalized spacial score (nSPS) is 15.0. The smallest absolute Gasteiger partial charge is 0.191 e. The molecule has 7 nitrogen and oxygen atoms in total. The van der Waals surface area contributed by atoms with Gasteiger partial charge in [0, 0.05) is 51.4 Å². The van der Waals surface area contributed by atoms with E-state index in [9.17, 15) is 0 Å². The second-order valence-electron chi connectivity index (χ2n) is 7.09. The van der Waals surface area contributed by atoms with E-state index in [1.54, 1.807) is 7.05 Å². The zero-order valence-corrected chi connectivity index (χ0v) is 17.3. The van der Waals surface area contributed by atoms with Gasteiger partial charge in [-0.1, -0.05) is 19.0 Å². The number of nitrogens with zero attached hydrogens (tertiary/aromatic N) is 4. The van der Waals surface area contributed by atoms with Crippen LogP contribution in [0.1, 0.15) is 55.7 Å². The summed E-state index contributed by atoms with van der Waals surface area (Å²) in [7, 11) is 1.79. The summed E-state index contributed by atoms with van der Waals surface area (Å²) in [6.45, 7) is 7.74. The molecular formula is C21H32N6O. The zero-order chi connectivity index (χ0) is 19.8. The van der Waals surface area contributed by atoms with Crippen LogP contribution in [0, 0.1) is 0 Å². The second-order valence-corrected chi connectivity index (χ2v) is 7.09. The van der Waals surface area contributed by atoms with Crippen LogP contribution in [0.3, 0.4) is 0 Å². The van der Waals surface area contributed by atoms with Crippen molar-refractivity contribution in [2.45, 2.75) is 59.0 Å². The summed E-state index contributed by atoms with van der Waals surface area (Å²) in [5, 5.41) is 10.9. The molecule has 3 rings (SSSR count). The molecule has 0 unspecified atom stereocenters. The molecule has 1 fully saturated rings. The SMILES string of the molecule is CCc1noc(CC)c1CNC(=NC)NCc1ccnc(N2CCCCC2)c1. The molecule has 28 heavy (non-hydrogen) atoms. The first-order valence-corrected chi connectivity index (χ1v) is 10.4. The van der Waals surface area contributed by atoms with Crippen molar-refractivity contribution in [3.8, 4) is 0 Å². The maximum absolute atomic E-state index is 5.44. The van der Waals surface area contributed by atoms with Crippen molar-refractivity contribution in [3.63, 3.8) is 0 Å². The summed E-state index contributed by atoms with van der Waals surface area (Å²) >= 11 is 0. The Morgan fingerprint density at radius 3 is 2.64 bits per heavy atom. The molecule has 0 aliphatic carbocycles. The number of hydrogen-bond acceptors (Lipinski definition) is 5. The number of aryl methyl sites for hydroxylation is 2. The van der Waals surface area contributed by atoms with Crippen LogP contribution in [0.2, 0.25) is 0 Å². The maximum atomic E-state index is 5.44. The predicted octanol–water partition coefficient (Wildman–Crippen LogP) is 3.05. The number of nitrogens with one attached hydrogen (secondary N) is 2. The molecule has 152 valence electrons. The summed E-state index contributed by atoms with van der Waals surface area (Å²) in [5.41, 5.74) is 3.36. The molecule has 0 saturated carbocycles. The first-order valence-electron chi connectivity index (χ1n) is 10.4. The van der Waals surface area contributed by atoms with E-state index in [1.807, 2.05) is 6.20 Å². The lowest BCUT2D eigenvalue weighted by molar-refractivity contribution is 0.380. The molecule has 1 saturated heterocycles. The Morgan fingerprint density at radius 1 is 1.14 bits per heavy atom. The Bertz CT molecular complexity index is 757. The molecule has 0 spiro atoms. The van der Waals surface area contributed by atoms with Crippen molar-refractivity contribution in [3.05, 3.63) is 40.9 Å². The second kappa shape index (κ2) is 10.1. The van der Waals surface area contributed by atoms with E-state index in [4.69, 9.17) is 4.52 Å². The number of guanidine groups is 1. The quantitative estimate of drug-likeness (QED) is 0.564. The van der Waals surface area contributed by atoms with Crippen LogP contribution in [0.15, 0.2) is 27.8 Å². The topological polar surface area (TPSA) is 78.6 Å². The average molecular weight is 385 g/mol. The van der Waals surface area contributed by atoms with Gasteiger partial charge >= 0.3 is 0 Å². The largest absolute Gasteiger partial charge is 0.361 e. The van der Waals surface area contributed by atoms with Gasteiger partial charge in [0.15, 0.2) is 5.96 Å². The van der Waals surface area contributed by atoms with Gasteiger partial charge in [0.2, 0.25) is 0 Å². The molecule has 0 aromatic carbocycles. The van der Waals surface area contributed by atoms with E-state index in [1.165, 1.54) is 24.8 Å². The molecular weight excluding hydrogens is 352 g/mol. The lowest BCUT2D eigenvalue weighted by Gasteiger charge is -2.28. The number of anilines is 1. The molecule has 0 bridgehead atoms. The lowest BCUT2D eigenvalue weighted by Crippen LogP contribution is -2.36. The zero-order valence-electron chi connectivity index (χ0n) is 17.3. The predicted molar refractivity (Wildman–Crippen MR) is 113 cm³/mol. The van der Waals surface area contributed by atoms with Crippen LogP contribution in [-0.2, 0) is 25.9 Å². The Kier molecular flexibility index (Phi) is 7.28. The van der Waals surface area contributed by atoms with E-state index in [2.05, 4.69) is 56.6 Å². The third kappa shape index (κ3) is 5.03. The molecule has 0 radical (unpaired) electrons. The van der Waals surface area contributed by atoms with Gasteiger partial charge in [-0.15, -0.1) is 0 Å². The minimum Gasteiger partial charge on any atom is -0.361 e. The van der Waals surface area contributed by atoms with Gasteiger partial charge in [0.05, 0.1) is 5.69 Å². The number of piperidine rings is 1. The maximum Gasteiger partial charge on any atom is 0.191 e. The summed E-state index contributed by atoms with van der Waals surface area (Å²) in [6, 6.07) is 4.23. The number of aromatic nitrogens is 2. The molecule has 2 N–H and O–H groups in total. The fraction of sp³-hybridized carbons (Fsp3) is 0.571. The Balaban J connectivity index is 1.56. The minimum atomic E-state index is 0.658. The highest BCUT2D eigenvalue weighted by atomic mass is 16.5. The summed E-state index contributed by atoms with van der Waals surface area (Å²) < 4.78 is 5.44. The van der Waals surface area contributed by atoms with Crippen molar-refractivity contribution in [2.75, 3.05) is 25.0 Å². The van der Waals surface area contributed by atoms with E-state index in [0.717, 1.165) is 54.7 Å². The van der Waals surface area contributed by atoms with Gasteiger partial charge in [-0.3, -0.25) is 4.99 Å². The highest BCUT2D eigenvalue weighted by molar-refractivity contribution is 5.79. The van der Waals surface area contributed by atoms with Crippen molar-refractivity contribution >= 4 is 11.8 Å². The molecule has 7 heteroatoms. The third-order valence-corrected chi connectivity index (χ3v) is 5.21. The van der Waals surface area contributed by atoms with Crippen molar-refractivity contribution in [2.24, 2.45) is 4.99 Å². The van der Waals surface area contributed by atoms with Crippen LogP contribution in [0.4, 0.5) is 5.82 Å². The number of rotatable bonds is 7. The first kappa shape index (κ1) is 20.2. The molecule has 0 amide bonds. The summed E-state index contributed by atoms with van der Waals surface area (Å²) in [6.07, 6.45) is 7.43. The van der Waals surface area contributed by atoms with Crippen LogP contribution in [-0.4, -0.2) is 36.2 Å². The Labute approximate surface area is 167 Å². The fourth-order valence-electron chi connectivity index (χ4n) is 3.58. The fourth-order valence-corrected chi connectivity index (χ4v) is 3.58. The van der Waals surface area contributed by atoms with Gasteiger partial charge in [-0.25, -0.2) is 4.98 Å². The molecule has 0 atom stereocenters. The van der Waals surface area contributed by atoms with Crippen LogP contribution in [0.5, 0.6) is 0 Å².